The second-order valence-electron chi connectivity index (χ2n) is 6.69. The number of rotatable bonds is 11. The first kappa shape index (κ1) is 21.7. The van der Waals surface area contributed by atoms with E-state index in [9.17, 15) is 0 Å². The number of benzene rings is 1. The average Bonchev–Trinajstić information content (AvgIpc) is 2.76. The maximum Gasteiger partial charge on any atom is 0.227 e. The lowest BCUT2D eigenvalue weighted by Gasteiger charge is -2.17. The fourth-order valence-corrected chi connectivity index (χ4v) is 2.97. The minimum atomic E-state index is -0.188. The molecule has 0 aliphatic carbocycles. The summed E-state index contributed by atoms with van der Waals surface area (Å²) in [5, 5.41) is 6.58. The van der Waals surface area contributed by atoms with E-state index in [0.717, 1.165) is 41.3 Å². The molecule has 0 aliphatic heterocycles. The molecule has 0 saturated heterocycles. The average molecular weight is 408 g/mol. The van der Waals surface area contributed by atoms with Gasteiger partial charge in [0.05, 0.1) is 5.69 Å². The molecule has 1 aromatic carbocycles. The van der Waals surface area contributed by atoms with Gasteiger partial charge in [-0.05, 0) is 50.6 Å². The van der Waals surface area contributed by atoms with Gasteiger partial charge >= 0.3 is 0 Å². The number of para-hydroxylation sites is 1. The number of nitrogens with one attached hydrogen (secondary N) is 2. The molecule has 7 nitrogen and oxygen atoms in total. The third-order valence-corrected chi connectivity index (χ3v) is 4.50. The van der Waals surface area contributed by atoms with Gasteiger partial charge in [-0.3, -0.25) is 0 Å². The van der Waals surface area contributed by atoms with Crippen molar-refractivity contribution in [2.75, 3.05) is 30.4 Å². The van der Waals surface area contributed by atoms with E-state index in [-0.39, 0.29) is 6.29 Å². The third kappa shape index (κ3) is 6.23. The van der Waals surface area contributed by atoms with Crippen LogP contribution in [0.3, 0.4) is 0 Å². The summed E-state index contributed by atoms with van der Waals surface area (Å²) in [6, 6.07) is 13.9. The van der Waals surface area contributed by atoms with E-state index in [4.69, 9.17) is 9.47 Å². The van der Waals surface area contributed by atoms with Crippen LogP contribution in [0.15, 0.2) is 54.9 Å². The van der Waals surface area contributed by atoms with Crippen LogP contribution in [0.4, 0.5) is 17.5 Å². The number of pyridine rings is 1. The molecule has 0 unspecified atom stereocenters. The molecule has 7 heteroatoms. The molecule has 0 bridgehead atoms. The van der Waals surface area contributed by atoms with Crippen molar-refractivity contribution in [2.45, 2.75) is 33.5 Å². The highest BCUT2D eigenvalue weighted by atomic mass is 16.7. The van der Waals surface area contributed by atoms with Crippen molar-refractivity contribution in [1.82, 2.24) is 15.0 Å². The van der Waals surface area contributed by atoms with Gasteiger partial charge in [0.15, 0.2) is 6.29 Å². The Morgan fingerprint density at radius 1 is 0.967 bits per heavy atom. The standard InChI is InChI=1S/C23H29N5O2/c1-4-29-22(30-5-2)13-15-24-21-11-10-18(16-26-21)20-12-14-25-23(28-20)27-19-9-7-6-8-17(19)3/h6-12,14,16,22H,4-5,13,15H2,1-3H3,(H,24,26)(H,25,27,28). The van der Waals surface area contributed by atoms with Crippen LogP contribution in [0.5, 0.6) is 0 Å². The molecule has 0 amide bonds. The summed E-state index contributed by atoms with van der Waals surface area (Å²) in [6.45, 7) is 7.97. The summed E-state index contributed by atoms with van der Waals surface area (Å²) in [7, 11) is 0. The van der Waals surface area contributed by atoms with Crippen LogP contribution in [0.2, 0.25) is 0 Å². The predicted molar refractivity (Wildman–Crippen MR) is 120 cm³/mol. The zero-order chi connectivity index (χ0) is 21.2. The topological polar surface area (TPSA) is 81.2 Å². The number of ether oxygens (including phenoxy) is 2. The number of hydrogen-bond donors (Lipinski definition) is 2. The molecular weight excluding hydrogens is 378 g/mol. The van der Waals surface area contributed by atoms with E-state index in [1.165, 1.54) is 0 Å². The van der Waals surface area contributed by atoms with E-state index in [2.05, 4.69) is 25.6 Å². The number of anilines is 3. The number of aromatic nitrogens is 3. The monoisotopic (exact) mass is 407 g/mol. The molecule has 3 aromatic rings. The molecule has 0 radical (unpaired) electrons. The van der Waals surface area contributed by atoms with Crippen LogP contribution in [0.25, 0.3) is 11.3 Å². The van der Waals surface area contributed by atoms with Gasteiger partial charge in [-0.1, -0.05) is 18.2 Å². The van der Waals surface area contributed by atoms with Crippen LogP contribution in [0, 0.1) is 6.92 Å². The maximum absolute atomic E-state index is 5.56. The van der Waals surface area contributed by atoms with Gasteiger partial charge in [0, 0.05) is 49.8 Å². The van der Waals surface area contributed by atoms with Crippen molar-refractivity contribution < 1.29 is 9.47 Å². The number of aryl methyl sites for hydroxylation is 1. The Hall–Kier alpha value is -3.03. The Bertz CT molecular complexity index is 911. The molecule has 0 atom stereocenters. The summed E-state index contributed by atoms with van der Waals surface area (Å²) in [5.41, 5.74) is 3.87. The number of nitrogens with zero attached hydrogens (tertiary/aromatic N) is 3. The SMILES string of the molecule is CCOC(CCNc1ccc(-c2ccnc(Nc3ccccc3C)n2)cn1)OCC. The summed E-state index contributed by atoms with van der Waals surface area (Å²) >= 11 is 0. The smallest absolute Gasteiger partial charge is 0.227 e. The lowest BCUT2D eigenvalue weighted by Crippen LogP contribution is -2.21. The van der Waals surface area contributed by atoms with Crippen molar-refractivity contribution in [3.05, 3.63) is 60.4 Å². The minimum absolute atomic E-state index is 0.188. The molecule has 2 heterocycles. The molecule has 3 rings (SSSR count). The highest BCUT2D eigenvalue weighted by Crippen LogP contribution is 2.21. The Kier molecular flexibility index (Phi) is 8.11. The van der Waals surface area contributed by atoms with E-state index in [0.29, 0.717) is 19.2 Å². The van der Waals surface area contributed by atoms with Gasteiger partial charge in [0.25, 0.3) is 0 Å². The van der Waals surface area contributed by atoms with E-state index < -0.39 is 0 Å². The second-order valence-corrected chi connectivity index (χ2v) is 6.69. The largest absolute Gasteiger partial charge is 0.370 e. The first-order chi connectivity index (χ1) is 14.7. The molecule has 158 valence electrons. The van der Waals surface area contributed by atoms with E-state index in [1.54, 1.807) is 6.20 Å². The summed E-state index contributed by atoms with van der Waals surface area (Å²) in [6.07, 6.45) is 4.12. The fraction of sp³-hybridized carbons (Fsp3) is 0.348. The molecule has 0 fully saturated rings. The van der Waals surface area contributed by atoms with Crippen LogP contribution in [0.1, 0.15) is 25.8 Å². The van der Waals surface area contributed by atoms with E-state index in [1.807, 2.05) is 69.4 Å². The zero-order valence-electron chi connectivity index (χ0n) is 17.8. The van der Waals surface area contributed by atoms with Gasteiger partial charge < -0.3 is 20.1 Å². The Morgan fingerprint density at radius 3 is 2.47 bits per heavy atom. The molecule has 0 aliphatic rings. The molecule has 2 aromatic heterocycles. The van der Waals surface area contributed by atoms with Gasteiger partial charge in [-0.15, -0.1) is 0 Å². The second kappa shape index (κ2) is 11.2. The predicted octanol–water partition coefficient (Wildman–Crippen LogP) is 4.79. The Morgan fingerprint density at radius 2 is 1.77 bits per heavy atom. The van der Waals surface area contributed by atoms with Crippen LogP contribution < -0.4 is 10.6 Å². The maximum atomic E-state index is 5.56. The molecule has 2 N–H and O–H groups in total. The van der Waals surface area contributed by atoms with Crippen molar-refractivity contribution in [2.24, 2.45) is 0 Å². The Balaban J connectivity index is 1.60. The highest BCUT2D eigenvalue weighted by Gasteiger charge is 2.08. The normalized spacial score (nSPS) is 10.9. The van der Waals surface area contributed by atoms with Crippen molar-refractivity contribution in [1.29, 1.82) is 0 Å². The molecule has 30 heavy (non-hydrogen) atoms. The van der Waals surface area contributed by atoms with Crippen LogP contribution in [-0.2, 0) is 9.47 Å². The third-order valence-electron chi connectivity index (χ3n) is 4.50. The van der Waals surface area contributed by atoms with Crippen molar-refractivity contribution in [3.63, 3.8) is 0 Å². The summed E-state index contributed by atoms with van der Waals surface area (Å²) in [4.78, 5) is 13.4. The molecular formula is C23H29N5O2. The van der Waals surface area contributed by atoms with Gasteiger partial charge in [-0.25, -0.2) is 15.0 Å². The van der Waals surface area contributed by atoms with Crippen LogP contribution >= 0.6 is 0 Å². The van der Waals surface area contributed by atoms with Gasteiger partial charge in [-0.2, -0.15) is 0 Å². The van der Waals surface area contributed by atoms with Gasteiger partial charge in [0.1, 0.15) is 5.82 Å². The summed E-state index contributed by atoms with van der Waals surface area (Å²) < 4.78 is 11.1. The quantitative estimate of drug-likeness (QED) is 0.442. The first-order valence-corrected chi connectivity index (χ1v) is 10.3. The zero-order valence-corrected chi connectivity index (χ0v) is 17.8. The molecule has 0 spiro atoms. The Labute approximate surface area is 177 Å². The van der Waals surface area contributed by atoms with Gasteiger partial charge in [0.2, 0.25) is 5.95 Å². The fourth-order valence-electron chi connectivity index (χ4n) is 2.97. The van der Waals surface area contributed by atoms with Crippen LogP contribution in [-0.4, -0.2) is 41.0 Å². The summed E-state index contributed by atoms with van der Waals surface area (Å²) in [5.74, 6) is 1.36. The number of hydrogen-bond acceptors (Lipinski definition) is 7. The van der Waals surface area contributed by atoms with Crippen molar-refractivity contribution >= 4 is 17.5 Å². The highest BCUT2D eigenvalue weighted by molar-refractivity contribution is 5.63. The first-order valence-electron chi connectivity index (χ1n) is 10.3. The lowest BCUT2D eigenvalue weighted by molar-refractivity contribution is -0.137. The lowest BCUT2D eigenvalue weighted by atomic mass is 10.2. The molecule has 0 saturated carbocycles. The van der Waals surface area contributed by atoms with Crippen molar-refractivity contribution in [3.8, 4) is 11.3 Å². The minimum Gasteiger partial charge on any atom is -0.370 e. The van der Waals surface area contributed by atoms with E-state index >= 15 is 0 Å².